The van der Waals surface area contributed by atoms with E-state index in [1.807, 2.05) is 4.90 Å². The first-order valence-corrected chi connectivity index (χ1v) is 8.50. The van der Waals surface area contributed by atoms with Crippen molar-refractivity contribution in [2.75, 3.05) is 24.2 Å². The second-order valence-corrected chi connectivity index (χ2v) is 6.60. The molecule has 2 aromatic rings. The van der Waals surface area contributed by atoms with Gasteiger partial charge in [-0.05, 0) is 24.6 Å². The van der Waals surface area contributed by atoms with Crippen LogP contribution in [0.3, 0.4) is 0 Å². The number of β-amino-alcohol motifs (C(OH)–C–C–N with tert-alkyl or cyclic N) is 1. The summed E-state index contributed by atoms with van der Waals surface area (Å²) in [5.74, 6) is 1.07. The fourth-order valence-electron chi connectivity index (χ4n) is 2.43. The lowest BCUT2D eigenvalue weighted by Gasteiger charge is -2.21. The summed E-state index contributed by atoms with van der Waals surface area (Å²) in [6.07, 6.45) is -0.727. The van der Waals surface area contributed by atoms with Gasteiger partial charge in [0.2, 0.25) is 0 Å². The topological polar surface area (TPSA) is 102 Å². The van der Waals surface area contributed by atoms with Crippen LogP contribution in [0.4, 0.5) is 5.69 Å². The van der Waals surface area contributed by atoms with Crippen LogP contribution in [0.25, 0.3) is 0 Å². The first kappa shape index (κ1) is 19.3. The van der Waals surface area contributed by atoms with Gasteiger partial charge in [0.1, 0.15) is 5.76 Å². The quantitative estimate of drug-likeness (QED) is 0.734. The van der Waals surface area contributed by atoms with Crippen LogP contribution in [-0.2, 0) is 0 Å². The summed E-state index contributed by atoms with van der Waals surface area (Å²) in [6, 6.07) is 8.60. The third-order valence-electron chi connectivity index (χ3n) is 3.67. The lowest BCUT2D eigenvalue weighted by molar-refractivity contribution is 0.101. The number of aryl methyl sites for hydroxylation is 1. The number of carbonyl (C=O) groups is 1. The number of benzene rings is 1. The summed E-state index contributed by atoms with van der Waals surface area (Å²) < 4.78 is 4.89. The van der Waals surface area contributed by atoms with Crippen LogP contribution in [0.2, 0.25) is 0 Å². The van der Waals surface area contributed by atoms with Gasteiger partial charge in [0, 0.05) is 30.6 Å². The maximum atomic E-state index is 12.1. The lowest BCUT2D eigenvalue weighted by Crippen LogP contribution is -2.29. The molecule has 1 aromatic carbocycles. The van der Waals surface area contributed by atoms with Crippen LogP contribution in [0, 0.1) is 12.3 Å². The van der Waals surface area contributed by atoms with E-state index in [1.165, 1.54) is 11.8 Å². The van der Waals surface area contributed by atoms with Crippen LogP contribution >= 0.6 is 24.2 Å². The van der Waals surface area contributed by atoms with Crippen molar-refractivity contribution in [1.82, 2.24) is 10.1 Å². The minimum Gasteiger partial charge on any atom is -0.387 e. The average Bonchev–Trinajstić information content (AvgIpc) is 3.17. The Morgan fingerprint density at radius 3 is 2.96 bits per heavy atom. The van der Waals surface area contributed by atoms with Gasteiger partial charge in [0.25, 0.3) is 5.91 Å². The first-order chi connectivity index (χ1) is 11.5. The number of thioether (sulfide) groups is 1. The molecule has 1 aliphatic rings. The van der Waals surface area contributed by atoms with Crippen LogP contribution in [0.5, 0.6) is 0 Å². The van der Waals surface area contributed by atoms with Gasteiger partial charge in [-0.25, -0.2) is 0 Å². The number of nitrogens with one attached hydrogen (secondary N) is 2. The predicted molar refractivity (Wildman–Crippen MR) is 99.6 cm³/mol. The third kappa shape index (κ3) is 4.75. The second-order valence-electron chi connectivity index (χ2n) is 5.52. The molecule has 0 bridgehead atoms. The number of nitrogens with zero attached hydrogens (tertiary/aromatic N) is 2. The van der Waals surface area contributed by atoms with E-state index in [9.17, 15) is 9.90 Å². The normalized spacial score (nSPS) is 15.0. The molecule has 0 spiro atoms. The summed E-state index contributed by atoms with van der Waals surface area (Å²) in [5, 5.41) is 25.1. The summed E-state index contributed by atoms with van der Waals surface area (Å²) in [6.45, 7) is 2.85. The van der Waals surface area contributed by atoms with E-state index >= 15 is 0 Å². The second kappa shape index (κ2) is 8.37. The first-order valence-electron chi connectivity index (χ1n) is 7.52. The van der Waals surface area contributed by atoms with Gasteiger partial charge >= 0.3 is 0 Å². The smallest absolute Gasteiger partial charge is 0.277 e. The van der Waals surface area contributed by atoms with E-state index in [-0.39, 0.29) is 24.0 Å². The van der Waals surface area contributed by atoms with Gasteiger partial charge in [0.15, 0.2) is 10.9 Å². The SMILES string of the molecule is Cc1cc(C(=O)Nc2cccc(C(O)CN3CCSC3=N)c2)no1.Cl. The average molecular weight is 383 g/mol. The van der Waals surface area contributed by atoms with Crippen molar-refractivity contribution in [2.45, 2.75) is 13.0 Å². The highest BCUT2D eigenvalue weighted by atomic mass is 35.5. The molecular weight excluding hydrogens is 364 g/mol. The summed E-state index contributed by atoms with van der Waals surface area (Å²) in [7, 11) is 0. The van der Waals surface area contributed by atoms with Gasteiger partial charge in [0.05, 0.1) is 6.10 Å². The Balaban J connectivity index is 0.00000225. The molecule has 7 nitrogen and oxygen atoms in total. The molecule has 0 saturated carbocycles. The fraction of sp³-hybridized carbons (Fsp3) is 0.312. The number of aromatic nitrogens is 1. The molecule has 2 heterocycles. The molecule has 1 amide bonds. The van der Waals surface area contributed by atoms with Crippen molar-refractivity contribution in [3.8, 4) is 0 Å². The largest absolute Gasteiger partial charge is 0.387 e. The van der Waals surface area contributed by atoms with E-state index in [0.29, 0.717) is 28.7 Å². The highest BCUT2D eigenvalue weighted by molar-refractivity contribution is 8.14. The molecule has 134 valence electrons. The minimum atomic E-state index is -0.727. The van der Waals surface area contributed by atoms with Crippen molar-refractivity contribution >= 4 is 40.9 Å². The molecule has 25 heavy (non-hydrogen) atoms. The predicted octanol–water partition coefficient (Wildman–Crippen LogP) is 2.67. The molecule has 3 N–H and O–H groups in total. The zero-order valence-electron chi connectivity index (χ0n) is 13.6. The summed E-state index contributed by atoms with van der Waals surface area (Å²) >= 11 is 1.48. The van der Waals surface area contributed by atoms with E-state index < -0.39 is 6.10 Å². The molecule has 0 radical (unpaired) electrons. The minimum absolute atomic E-state index is 0. The van der Waals surface area contributed by atoms with Crippen molar-refractivity contribution in [1.29, 1.82) is 5.41 Å². The molecule has 1 aliphatic heterocycles. The number of carbonyl (C=O) groups excluding carboxylic acids is 1. The molecule has 1 atom stereocenters. The summed E-state index contributed by atoms with van der Waals surface area (Å²) in [5.41, 5.74) is 1.47. The summed E-state index contributed by atoms with van der Waals surface area (Å²) in [4.78, 5) is 13.9. The maximum absolute atomic E-state index is 12.1. The molecular formula is C16H19ClN4O3S. The monoisotopic (exact) mass is 382 g/mol. The molecule has 9 heteroatoms. The zero-order valence-corrected chi connectivity index (χ0v) is 15.2. The molecule has 1 saturated heterocycles. The molecule has 1 unspecified atom stereocenters. The molecule has 3 rings (SSSR count). The van der Waals surface area contributed by atoms with Crippen LogP contribution in [-0.4, -0.2) is 45.1 Å². The Kier molecular flexibility index (Phi) is 6.46. The van der Waals surface area contributed by atoms with Gasteiger partial charge < -0.3 is 19.8 Å². The van der Waals surface area contributed by atoms with Crippen LogP contribution in [0.1, 0.15) is 27.9 Å². The fourth-order valence-corrected chi connectivity index (χ4v) is 3.28. The Morgan fingerprint density at radius 1 is 1.52 bits per heavy atom. The molecule has 0 aliphatic carbocycles. The Bertz CT molecular complexity index is 767. The Labute approximate surface area is 155 Å². The van der Waals surface area contributed by atoms with Gasteiger partial charge in [-0.1, -0.05) is 29.1 Å². The highest BCUT2D eigenvalue weighted by Crippen LogP contribution is 2.23. The molecule has 1 fully saturated rings. The number of rotatable bonds is 5. The number of hydrogen-bond donors (Lipinski definition) is 3. The third-order valence-corrected chi connectivity index (χ3v) is 4.59. The van der Waals surface area contributed by atoms with Gasteiger partial charge in [-0.3, -0.25) is 10.2 Å². The molecule has 1 aromatic heterocycles. The number of aliphatic hydroxyl groups is 1. The maximum Gasteiger partial charge on any atom is 0.277 e. The van der Waals surface area contributed by atoms with Crippen molar-refractivity contribution < 1.29 is 14.4 Å². The highest BCUT2D eigenvalue weighted by Gasteiger charge is 2.21. The lowest BCUT2D eigenvalue weighted by atomic mass is 10.1. The number of amidine groups is 1. The van der Waals surface area contributed by atoms with Gasteiger partial charge in [-0.15, -0.1) is 12.4 Å². The van der Waals surface area contributed by atoms with E-state index in [0.717, 1.165) is 12.3 Å². The van der Waals surface area contributed by atoms with E-state index in [4.69, 9.17) is 9.93 Å². The van der Waals surface area contributed by atoms with Crippen LogP contribution in [0.15, 0.2) is 34.9 Å². The standard InChI is InChI=1S/C16H18N4O3S.ClH/c1-10-7-13(19-23-10)15(22)18-12-4-2-3-11(8-12)14(21)9-20-5-6-24-16(20)17;/h2-4,7-8,14,17,21H,5-6,9H2,1H3,(H,18,22);1H. The number of halogens is 1. The van der Waals surface area contributed by atoms with Crippen molar-refractivity contribution in [3.05, 3.63) is 47.3 Å². The number of hydrogen-bond acceptors (Lipinski definition) is 6. The van der Waals surface area contributed by atoms with Crippen molar-refractivity contribution in [3.63, 3.8) is 0 Å². The number of anilines is 1. The number of aliphatic hydroxyl groups excluding tert-OH is 1. The van der Waals surface area contributed by atoms with E-state index in [1.54, 1.807) is 37.3 Å². The number of amides is 1. The Hall–Kier alpha value is -2.03. The van der Waals surface area contributed by atoms with Crippen LogP contribution < -0.4 is 5.32 Å². The zero-order chi connectivity index (χ0) is 17.1. The van der Waals surface area contributed by atoms with Gasteiger partial charge in [-0.2, -0.15) is 0 Å². The van der Waals surface area contributed by atoms with Crippen molar-refractivity contribution in [2.24, 2.45) is 0 Å². The Morgan fingerprint density at radius 2 is 2.32 bits per heavy atom. The van der Waals surface area contributed by atoms with E-state index in [2.05, 4.69) is 10.5 Å².